The molecule has 0 saturated heterocycles. The first-order chi connectivity index (χ1) is 11.5. The standard InChI is InChI=1S/C20H25NO3/c1-5-23-18-12-8-17(9-13-18)15(3)21-20(22)16(4)24-19-10-6-14(2)7-11-19/h6-13,15-16H,5H2,1-4H3,(H,21,22)/t15-,16+/m0/s1. The van der Waals surface area contributed by atoms with Gasteiger partial charge in [-0.1, -0.05) is 29.8 Å². The molecular formula is C20H25NO3. The average molecular weight is 327 g/mol. The summed E-state index contributed by atoms with van der Waals surface area (Å²) < 4.78 is 11.1. The van der Waals surface area contributed by atoms with Crippen LogP contribution in [0, 0.1) is 6.92 Å². The van der Waals surface area contributed by atoms with Crippen LogP contribution in [0.5, 0.6) is 11.5 Å². The van der Waals surface area contributed by atoms with Crippen LogP contribution < -0.4 is 14.8 Å². The molecule has 2 rings (SSSR count). The Hall–Kier alpha value is -2.49. The number of ether oxygens (including phenoxy) is 2. The number of carbonyl (C=O) groups is 1. The third kappa shape index (κ3) is 5.01. The monoisotopic (exact) mass is 327 g/mol. The predicted molar refractivity (Wildman–Crippen MR) is 95.4 cm³/mol. The zero-order valence-electron chi connectivity index (χ0n) is 14.7. The molecule has 128 valence electrons. The van der Waals surface area contributed by atoms with Crippen LogP contribution >= 0.6 is 0 Å². The molecule has 0 bridgehead atoms. The third-order valence-electron chi connectivity index (χ3n) is 3.75. The highest BCUT2D eigenvalue weighted by Gasteiger charge is 2.17. The minimum absolute atomic E-state index is 0.0998. The smallest absolute Gasteiger partial charge is 0.261 e. The van der Waals surface area contributed by atoms with Crippen molar-refractivity contribution in [2.45, 2.75) is 39.8 Å². The van der Waals surface area contributed by atoms with Gasteiger partial charge in [0.25, 0.3) is 5.91 Å². The topological polar surface area (TPSA) is 47.6 Å². The van der Waals surface area contributed by atoms with E-state index in [0.717, 1.165) is 16.9 Å². The van der Waals surface area contributed by atoms with Crippen LogP contribution in [0.3, 0.4) is 0 Å². The van der Waals surface area contributed by atoms with Gasteiger partial charge in [0, 0.05) is 0 Å². The van der Waals surface area contributed by atoms with E-state index in [2.05, 4.69) is 5.32 Å². The third-order valence-corrected chi connectivity index (χ3v) is 3.75. The average Bonchev–Trinajstić information content (AvgIpc) is 2.57. The SMILES string of the molecule is CCOc1ccc([C@H](C)NC(=O)[C@@H](C)Oc2ccc(C)cc2)cc1. The lowest BCUT2D eigenvalue weighted by atomic mass is 10.1. The number of hydrogen-bond donors (Lipinski definition) is 1. The second-order valence-electron chi connectivity index (χ2n) is 5.81. The molecule has 0 saturated carbocycles. The number of hydrogen-bond acceptors (Lipinski definition) is 3. The lowest BCUT2D eigenvalue weighted by molar-refractivity contribution is -0.127. The highest BCUT2D eigenvalue weighted by atomic mass is 16.5. The lowest BCUT2D eigenvalue weighted by Gasteiger charge is -2.19. The maximum atomic E-state index is 12.3. The van der Waals surface area contributed by atoms with Crippen molar-refractivity contribution in [3.8, 4) is 11.5 Å². The summed E-state index contributed by atoms with van der Waals surface area (Å²) >= 11 is 0. The van der Waals surface area contributed by atoms with Crippen LogP contribution in [0.4, 0.5) is 0 Å². The summed E-state index contributed by atoms with van der Waals surface area (Å²) in [6.45, 7) is 8.30. The first-order valence-corrected chi connectivity index (χ1v) is 8.26. The summed E-state index contributed by atoms with van der Waals surface area (Å²) in [5, 5.41) is 2.97. The van der Waals surface area contributed by atoms with Crippen LogP contribution in [0.1, 0.15) is 37.9 Å². The van der Waals surface area contributed by atoms with Crippen LogP contribution in [-0.4, -0.2) is 18.6 Å². The summed E-state index contributed by atoms with van der Waals surface area (Å²) in [5.41, 5.74) is 2.18. The molecule has 2 aromatic rings. The summed E-state index contributed by atoms with van der Waals surface area (Å²) in [4.78, 5) is 12.3. The highest BCUT2D eigenvalue weighted by molar-refractivity contribution is 5.81. The van der Waals surface area contributed by atoms with Gasteiger partial charge >= 0.3 is 0 Å². The van der Waals surface area contributed by atoms with Gasteiger partial charge in [-0.05, 0) is 57.5 Å². The van der Waals surface area contributed by atoms with Gasteiger partial charge in [0.05, 0.1) is 12.6 Å². The molecule has 0 fully saturated rings. The molecule has 0 radical (unpaired) electrons. The van der Waals surface area contributed by atoms with Crippen molar-refractivity contribution >= 4 is 5.91 Å². The Morgan fingerprint density at radius 3 is 2.17 bits per heavy atom. The molecule has 1 amide bonds. The van der Waals surface area contributed by atoms with Gasteiger partial charge in [-0.3, -0.25) is 4.79 Å². The Labute approximate surface area is 143 Å². The molecule has 0 aliphatic rings. The van der Waals surface area contributed by atoms with Gasteiger partial charge in [-0.2, -0.15) is 0 Å². The van der Waals surface area contributed by atoms with Gasteiger partial charge in [-0.15, -0.1) is 0 Å². The van der Waals surface area contributed by atoms with Gasteiger partial charge in [0.15, 0.2) is 6.10 Å². The van der Waals surface area contributed by atoms with Crippen molar-refractivity contribution in [2.24, 2.45) is 0 Å². The fourth-order valence-electron chi connectivity index (χ4n) is 2.31. The van der Waals surface area contributed by atoms with Crippen LogP contribution in [0.2, 0.25) is 0 Å². The molecule has 2 aromatic carbocycles. The molecule has 2 atom stereocenters. The zero-order valence-corrected chi connectivity index (χ0v) is 14.7. The Bertz CT molecular complexity index is 650. The maximum Gasteiger partial charge on any atom is 0.261 e. The number of nitrogens with one attached hydrogen (secondary N) is 1. The Morgan fingerprint density at radius 2 is 1.58 bits per heavy atom. The minimum atomic E-state index is -0.558. The van der Waals surface area contributed by atoms with Gasteiger partial charge in [-0.25, -0.2) is 0 Å². The minimum Gasteiger partial charge on any atom is -0.494 e. The maximum absolute atomic E-state index is 12.3. The molecule has 1 N–H and O–H groups in total. The molecule has 0 aliphatic carbocycles. The van der Waals surface area contributed by atoms with E-state index in [0.29, 0.717) is 12.4 Å². The Balaban J connectivity index is 1.91. The summed E-state index contributed by atoms with van der Waals surface area (Å²) in [6, 6.07) is 15.3. The van der Waals surface area contributed by atoms with E-state index in [4.69, 9.17) is 9.47 Å². The first kappa shape index (κ1) is 17.9. The molecular weight excluding hydrogens is 302 g/mol. The fourth-order valence-corrected chi connectivity index (χ4v) is 2.31. The van der Waals surface area contributed by atoms with E-state index in [9.17, 15) is 4.79 Å². The van der Waals surface area contributed by atoms with E-state index in [1.165, 1.54) is 0 Å². The van der Waals surface area contributed by atoms with Gasteiger partial charge in [0.2, 0.25) is 0 Å². The number of aryl methyl sites for hydroxylation is 1. The van der Waals surface area contributed by atoms with Gasteiger partial charge in [0.1, 0.15) is 11.5 Å². The molecule has 0 unspecified atom stereocenters. The largest absolute Gasteiger partial charge is 0.494 e. The molecule has 0 heterocycles. The Kier molecular flexibility index (Phi) is 6.24. The highest BCUT2D eigenvalue weighted by Crippen LogP contribution is 2.18. The summed E-state index contributed by atoms with van der Waals surface area (Å²) in [5.74, 6) is 1.38. The summed E-state index contributed by atoms with van der Waals surface area (Å²) in [6.07, 6.45) is -0.558. The Morgan fingerprint density at radius 1 is 1.00 bits per heavy atom. The van der Waals surface area contributed by atoms with Crippen molar-refractivity contribution in [1.82, 2.24) is 5.32 Å². The summed E-state index contributed by atoms with van der Waals surface area (Å²) in [7, 11) is 0. The van der Waals surface area contributed by atoms with Crippen molar-refractivity contribution in [2.75, 3.05) is 6.61 Å². The van der Waals surface area contributed by atoms with Crippen LogP contribution in [0.15, 0.2) is 48.5 Å². The number of rotatable bonds is 7. The number of carbonyl (C=O) groups excluding carboxylic acids is 1. The van der Waals surface area contributed by atoms with Crippen molar-refractivity contribution in [3.05, 3.63) is 59.7 Å². The van der Waals surface area contributed by atoms with Crippen molar-refractivity contribution in [1.29, 1.82) is 0 Å². The van der Waals surface area contributed by atoms with E-state index < -0.39 is 6.10 Å². The molecule has 0 spiro atoms. The van der Waals surface area contributed by atoms with Crippen molar-refractivity contribution < 1.29 is 14.3 Å². The molecule has 0 aliphatic heterocycles. The molecule has 4 nitrogen and oxygen atoms in total. The van der Waals surface area contributed by atoms with E-state index in [-0.39, 0.29) is 11.9 Å². The van der Waals surface area contributed by atoms with Crippen molar-refractivity contribution in [3.63, 3.8) is 0 Å². The zero-order chi connectivity index (χ0) is 17.5. The fraction of sp³-hybridized carbons (Fsp3) is 0.350. The van der Waals surface area contributed by atoms with E-state index in [1.807, 2.05) is 69.3 Å². The lowest BCUT2D eigenvalue weighted by Crippen LogP contribution is -2.37. The molecule has 4 heteroatoms. The van der Waals surface area contributed by atoms with Gasteiger partial charge < -0.3 is 14.8 Å². The second-order valence-corrected chi connectivity index (χ2v) is 5.81. The van der Waals surface area contributed by atoms with Crippen LogP contribution in [0.25, 0.3) is 0 Å². The quantitative estimate of drug-likeness (QED) is 0.835. The van der Waals surface area contributed by atoms with Crippen LogP contribution in [-0.2, 0) is 4.79 Å². The number of benzene rings is 2. The van der Waals surface area contributed by atoms with E-state index >= 15 is 0 Å². The number of amides is 1. The predicted octanol–water partition coefficient (Wildman–Crippen LogP) is 4.04. The van der Waals surface area contributed by atoms with E-state index in [1.54, 1.807) is 6.92 Å². The normalized spacial score (nSPS) is 13.0. The second kappa shape index (κ2) is 8.39. The first-order valence-electron chi connectivity index (χ1n) is 8.26. The molecule has 24 heavy (non-hydrogen) atoms. The molecule has 0 aromatic heterocycles.